The number of methoxy groups -OCH3 is 1. The predicted molar refractivity (Wildman–Crippen MR) is 87.9 cm³/mol. The number of para-hydroxylation sites is 1. The summed E-state index contributed by atoms with van der Waals surface area (Å²) in [5.41, 5.74) is -1.37. The number of rotatable bonds is 5. The van der Waals surface area contributed by atoms with Crippen LogP contribution in [-0.4, -0.2) is 31.4 Å². The van der Waals surface area contributed by atoms with E-state index >= 15 is 0 Å². The van der Waals surface area contributed by atoms with Crippen molar-refractivity contribution in [3.05, 3.63) is 48.8 Å². The molecule has 1 N–H and O–H groups in total. The number of aromatic nitrogens is 1. The molecule has 1 amide bonds. The molecule has 0 aliphatic heterocycles. The molecule has 7 nitrogen and oxygen atoms in total. The molecule has 0 atom stereocenters. The molecule has 0 aliphatic rings. The van der Waals surface area contributed by atoms with Crippen LogP contribution in [0, 0.1) is 5.41 Å². The van der Waals surface area contributed by atoms with Crippen molar-refractivity contribution >= 4 is 27.6 Å². The SMILES string of the molecule is COC(=O)C(C)(C)C(=O)Nc1ccccc1S(=O)(=O)n1cccc1. The smallest absolute Gasteiger partial charge is 0.320 e. The third-order valence-electron chi connectivity index (χ3n) is 3.53. The lowest BCUT2D eigenvalue weighted by atomic mass is 9.92. The van der Waals surface area contributed by atoms with Gasteiger partial charge in [-0.05, 0) is 38.1 Å². The summed E-state index contributed by atoms with van der Waals surface area (Å²) in [6, 6.07) is 9.16. The molecule has 2 aromatic rings. The lowest BCUT2D eigenvalue weighted by Gasteiger charge is -2.21. The van der Waals surface area contributed by atoms with Gasteiger partial charge < -0.3 is 10.1 Å². The number of esters is 1. The fourth-order valence-electron chi connectivity index (χ4n) is 2.01. The molecule has 0 unspecified atom stereocenters. The standard InChI is InChI=1S/C16H18N2O5S/c1-16(2,15(20)23-3)14(19)17-12-8-4-5-9-13(12)24(21,22)18-10-6-7-11-18/h4-11H,1-3H3,(H,17,19). The third-order valence-corrected chi connectivity index (χ3v) is 5.24. The largest absolute Gasteiger partial charge is 0.468 e. The minimum absolute atomic E-state index is 0.0739. The van der Waals surface area contributed by atoms with E-state index in [4.69, 9.17) is 0 Å². The Bertz CT molecular complexity index is 854. The van der Waals surface area contributed by atoms with Crippen molar-refractivity contribution in [3.8, 4) is 0 Å². The average molecular weight is 350 g/mol. The number of ether oxygens (including phenoxy) is 1. The molecule has 128 valence electrons. The Hall–Kier alpha value is -2.61. The Labute approximate surface area is 140 Å². The van der Waals surface area contributed by atoms with Crippen LogP contribution in [0.1, 0.15) is 13.8 Å². The Morgan fingerprint density at radius 1 is 1.08 bits per heavy atom. The number of benzene rings is 1. The quantitative estimate of drug-likeness (QED) is 0.656. The van der Waals surface area contributed by atoms with Gasteiger partial charge in [-0.15, -0.1) is 0 Å². The fourth-order valence-corrected chi connectivity index (χ4v) is 3.35. The number of carbonyl (C=O) groups is 2. The van der Waals surface area contributed by atoms with E-state index in [2.05, 4.69) is 10.1 Å². The molecule has 0 fully saturated rings. The minimum atomic E-state index is -3.86. The van der Waals surface area contributed by atoms with Gasteiger partial charge >= 0.3 is 5.97 Å². The molecule has 1 heterocycles. The molecule has 1 aromatic carbocycles. The average Bonchev–Trinajstić information content (AvgIpc) is 3.09. The van der Waals surface area contributed by atoms with E-state index in [0.29, 0.717) is 0 Å². The van der Waals surface area contributed by atoms with Gasteiger partial charge in [0, 0.05) is 12.4 Å². The summed E-state index contributed by atoms with van der Waals surface area (Å²) >= 11 is 0. The van der Waals surface area contributed by atoms with Crippen LogP contribution in [0.5, 0.6) is 0 Å². The number of carbonyl (C=O) groups excluding carboxylic acids is 2. The van der Waals surface area contributed by atoms with Crippen molar-refractivity contribution in [1.82, 2.24) is 3.97 Å². The molecule has 0 aliphatic carbocycles. The number of hydrogen-bond acceptors (Lipinski definition) is 5. The fraction of sp³-hybridized carbons (Fsp3) is 0.250. The number of nitrogens with one attached hydrogen (secondary N) is 1. The summed E-state index contributed by atoms with van der Waals surface area (Å²) in [5, 5.41) is 2.50. The van der Waals surface area contributed by atoms with E-state index in [1.807, 2.05) is 0 Å². The maximum Gasteiger partial charge on any atom is 0.320 e. The van der Waals surface area contributed by atoms with Crippen molar-refractivity contribution in [2.45, 2.75) is 18.7 Å². The second kappa shape index (κ2) is 6.48. The first-order valence-electron chi connectivity index (χ1n) is 7.08. The van der Waals surface area contributed by atoms with Crippen LogP contribution < -0.4 is 5.32 Å². The topological polar surface area (TPSA) is 94.5 Å². The Morgan fingerprint density at radius 3 is 2.25 bits per heavy atom. The van der Waals surface area contributed by atoms with E-state index in [9.17, 15) is 18.0 Å². The number of amides is 1. The summed E-state index contributed by atoms with van der Waals surface area (Å²) in [7, 11) is -2.68. The summed E-state index contributed by atoms with van der Waals surface area (Å²) < 4.78 is 31.0. The van der Waals surface area contributed by atoms with Gasteiger partial charge in [-0.2, -0.15) is 0 Å². The van der Waals surface area contributed by atoms with Gasteiger partial charge in [0.05, 0.1) is 12.8 Å². The maximum absolute atomic E-state index is 12.7. The zero-order valence-corrected chi connectivity index (χ0v) is 14.3. The molecule has 8 heteroatoms. The van der Waals surface area contributed by atoms with Gasteiger partial charge in [0.2, 0.25) is 5.91 Å². The van der Waals surface area contributed by atoms with E-state index < -0.39 is 27.3 Å². The summed E-state index contributed by atoms with van der Waals surface area (Å²) in [6.07, 6.45) is 2.79. The number of anilines is 1. The van der Waals surface area contributed by atoms with Crippen molar-refractivity contribution < 1.29 is 22.7 Å². The van der Waals surface area contributed by atoms with Crippen LogP contribution in [0.4, 0.5) is 5.69 Å². The highest BCUT2D eigenvalue weighted by Gasteiger charge is 2.38. The molecule has 0 saturated carbocycles. The van der Waals surface area contributed by atoms with Gasteiger partial charge in [-0.1, -0.05) is 12.1 Å². The van der Waals surface area contributed by atoms with Crippen LogP contribution in [0.3, 0.4) is 0 Å². The van der Waals surface area contributed by atoms with Crippen LogP contribution in [0.15, 0.2) is 53.7 Å². The Balaban J connectivity index is 2.41. The van der Waals surface area contributed by atoms with Gasteiger partial charge in [-0.25, -0.2) is 12.4 Å². The first-order valence-corrected chi connectivity index (χ1v) is 8.52. The molecular formula is C16H18N2O5S. The zero-order valence-electron chi connectivity index (χ0n) is 13.5. The van der Waals surface area contributed by atoms with Gasteiger partial charge in [0.1, 0.15) is 10.3 Å². The van der Waals surface area contributed by atoms with Crippen molar-refractivity contribution in [2.24, 2.45) is 5.41 Å². The molecule has 24 heavy (non-hydrogen) atoms. The lowest BCUT2D eigenvalue weighted by molar-refractivity contribution is -0.154. The van der Waals surface area contributed by atoms with Crippen molar-refractivity contribution in [1.29, 1.82) is 0 Å². The molecular weight excluding hydrogens is 332 g/mol. The van der Waals surface area contributed by atoms with Crippen molar-refractivity contribution in [3.63, 3.8) is 0 Å². The third kappa shape index (κ3) is 3.18. The summed E-state index contributed by atoms with van der Waals surface area (Å²) in [6.45, 7) is 2.80. The van der Waals surface area contributed by atoms with E-state index in [1.165, 1.54) is 45.5 Å². The van der Waals surface area contributed by atoms with Crippen LogP contribution in [-0.2, 0) is 24.3 Å². The normalized spacial score (nSPS) is 11.8. The highest BCUT2D eigenvalue weighted by Crippen LogP contribution is 2.26. The highest BCUT2D eigenvalue weighted by atomic mass is 32.2. The van der Waals surface area contributed by atoms with Crippen LogP contribution >= 0.6 is 0 Å². The number of nitrogens with zero attached hydrogens (tertiary/aromatic N) is 1. The summed E-state index contributed by atoms with van der Waals surface area (Å²) in [4.78, 5) is 24.0. The van der Waals surface area contributed by atoms with Crippen molar-refractivity contribution in [2.75, 3.05) is 12.4 Å². The van der Waals surface area contributed by atoms with Gasteiger partial charge in [-0.3, -0.25) is 9.59 Å². The zero-order chi connectivity index (χ0) is 18.0. The second-order valence-electron chi connectivity index (χ2n) is 5.58. The minimum Gasteiger partial charge on any atom is -0.468 e. The van der Waals surface area contributed by atoms with E-state index in [-0.39, 0.29) is 10.6 Å². The van der Waals surface area contributed by atoms with Gasteiger partial charge in [0.15, 0.2) is 0 Å². The van der Waals surface area contributed by atoms with E-state index in [0.717, 1.165) is 3.97 Å². The molecule has 2 rings (SSSR count). The number of hydrogen-bond donors (Lipinski definition) is 1. The molecule has 0 saturated heterocycles. The monoisotopic (exact) mass is 350 g/mol. The summed E-state index contributed by atoms with van der Waals surface area (Å²) in [5.74, 6) is -1.38. The molecule has 0 radical (unpaired) electrons. The first-order chi connectivity index (χ1) is 11.2. The van der Waals surface area contributed by atoms with Crippen LogP contribution in [0.2, 0.25) is 0 Å². The predicted octanol–water partition coefficient (Wildman–Crippen LogP) is 1.86. The second-order valence-corrected chi connectivity index (χ2v) is 7.40. The Kier molecular flexibility index (Phi) is 4.79. The highest BCUT2D eigenvalue weighted by molar-refractivity contribution is 7.90. The molecule has 0 bridgehead atoms. The maximum atomic E-state index is 12.7. The van der Waals surface area contributed by atoms with E-state index in [1.54, 1.807) is 24.3 Å². The molecule has 0 spiro atoms. The van der Waals surface area contributed by atoms with Gasteiger partial charge in [0.25, 0.3) is 10.0 Å². The first kappa shape index (κ1) is 17.7. The molecule has 1 aromatic heterocycles. The van der Waals surface area contributed by atoms with Crippen LogP contribution in [0.25, 0.3) is 0 Å². The Morgan fingerprint density at radius 2 is 1.67 bits per heavy atom. The lowest BCUT2D eigenvalue weighted by Crippen LogP contribution is -2.39.